The van der Waals surface area contributed by atoms with Crippen LogP contribution in [0.15, 0.2) is 72.8 Å². The predicted octanol–water partition coefficient (Wildman–Crippen LogP) is 7.97. The van der Waals surface area contributed by atoms with E-state index in [0.29, 0.717) is 27.2 Å². The van der Waals surface area contributed by atoms with Crippen molar-refractivity contribution in [2.75, 3.05) is 5.75 Å². The highest BCUT2D eigenvalue weighted by Gasteiger charge is 2.32. The van der Waals surface area contributed by atoms with E-state index in [4.69, 9.17) is 34.8 Å². The van der Waals surface area contributed by atoms with Crippen LogP contribution in [0.1, 0.15) is 48.8 Å². The summed E-state index contributed by atoms with van der Waals surface area (Å²) in [5.74, 6) is 0.659. The molecule has 0 heterocycles. The van der Waals surface area contributed by atoms with Gasteiger partial charge in [0.25, 0.3) is 0 Å². The van der Waals surface area contributed by atoms with Crippen LogP contribution in [-0.2, 0) is 28.3 Å². The topological polar surface area (TPSA) is 49.4 Å². The highest BCUT2D eigenvalue weighted by Crippen LogP contribution is 2.26. The maximum atomic E-state index is 13.8. The van der Waals surface area contributed by atoms with E-state index in [1.54, 1.807) is 17.0 Å². The fourth-order valence-corrected chi connectivity index (χ4v) is 6.29. The largest absolute Gasteiger partial charge is 0.352 e. The Morgan fingerprint density at radius 3 is 2.31 bits per heavy atom. The summed E-state index contributed by atoms with van der Waals surface area (Å²) < 4.78 is 0. The molecule has 0 spiro atoms. The number of amides is 2. The van der Waals surface area contributed by atoms with Gasteiger partial charge in [-0.1, -0.05) is 103 Å². The first-order valence-electron chi connectivity index (χ1n) is 13.3. The highest BCUT2D eigenvalue weighted by molar-refractivity contribution is 7.99. The summed E-state index contributed by atoms with van der Waals surface area (Å²) in [7, 11) is 0. The lowest BCUT2D eigenvalue weighted by atomic mass is 9.94. The van der Waals surface area contributed by atoms with E-state index in [0.717, 1.165) is 42.4 Å². The Bertz CT molecular complexity index is 1250. The van der Waals surface area contributed by atoms with E-state index < -0.39 is 6.04 Å². The van der Waals surface area contributed by atoms with Gasteiger partial charge in [-0.05, 0) is 53.8 Å². The lowest BCUT2D eigenvalue weighted by Crippen LogP contribution is -2.53. The van der Waals surface area contributed by atoms with Crippen molar-refractivity contribution < 1.29 is 9.59 Å². The third-order valence-electron chi connectivity index (χ3n) is 6.94. The standard InChI is InChI=1S/C31H33Cl3N2O2S/c32-25-11-7-10-24(16-25)20-39-21-30(37)36(19-23-14-15-27(33)28(34)17-23)29(18-22-8-3-1-4-9-22)31(38)35-26-12-5-2-6-13-26/h1,3-4,7-11,14-17,26,29H,2,5-6,12-13,18-21H2,(H,35,38)/t29-/m0/s1. The second-order valence-electron chi connectivity index (χ2n) is 9.94. The minimum absolute atomic E-state index is 0.104. The fourth-order valence-electron chi connectivity index (χ4n) is 4.90. The zero-order chi connectivity index (χ0) is 27.6. The third-order valence-corrected chi connectivity index (χ3v) is 8.91. The number of hydrogen-bond donors (Lipinski definition) is 1. The van der Waals surface area contributed by atoms with Crippen molar-refractivity contribution >= 4 is 58.4 Å². The van der Waals surface area contributed by atoms with Gasteiger partial charge in [0.1, 0.15) is 6.04 Å². The molecule has 1 N–H and O–H groups in total. The molecule has 206 valence electrons. The maximum Gasteiger partial charge on any atom is 0.243 e. The lowest BCUT2D eigenvalue weighted by molar-refractivity contribution is -0.139. The van der Waals surface area contributed by atoms with Crippen LogP contribution in [-0.4, -0.2) is 34.6 Å². The molecule has 0 saturated heterocycles. The van der Waals surface area contributed by atoms with Crippen molar-refractivity contribution in [1.82, 2.24) is 10.2 Å². The average Bonchev–Trinajstić information content (AvgIpc) is 2.93. The molecule has 1 saturated carbocycles. The zero-order valence-electron chi connectivity index (χ0n) is 21.8. The van der Waals surface area contributed by atoms with Crippen LogP contribution >= 0.6 is 46.6 Å². The number of carbonyl (C=O) groups excluding carboxylic acids is 2. The van der Waals surface area contributed by atoms with Gasteiger partial charge >= 0.3 is 0 Å². The van der Waals surface area contributed by atoms with Crippen LogP contribution in [0.3, 0.4) is 0 Å². The fraction of sp³-hybridized carbons (Fsp3) is 0.355. The van der Waals surface area contributed by atoms with Gasteiger partial charge in [0.15, 0.2) is 0 Å². The minimum atomic E-state index is -0.664. The molecule has 1 aliphatic carbocycles. The molecular formula is C31H33Cl3N2O2S. The number of thioether (sulfide) groups is 1. The predicted molar refractivity (Wildman–Crippen MR) is 164 cm³/mol. The molecule has 3 aromatic carbocycles. The minimum Gasteiger partial charge on any atom is -0.352 e. The van der Waals surface area contributed by atoms with E-state index in [9.17, 15) is 9.59 Å². The first-order valence-corrected chi connectivity index (χ1v) is 15.6. The SMILES string of the molecule is O=C(NC1CCCCC1)[C@H](Cc1ccccc1)N(Cc1ccc(Cl)c(Cl)c1)C(=O)CSCc1cccc(Cl)c1. The molecule has 0 unspecified atom stereocenters. The summed E-state index contributed by atoms with van der Waals surface area (Å²) in [5.41, 5.74) is 2.87. The number of carbonyl (C=O) groups is 2. The highest BCUT2D eigenvalue weighted by atomic mass is 35.5. The molecule has 0 radical (unpaired) electrons. The molecule has 0 aliphatic heterocycles. The third kappa shape index (κ3) is 9.18. The van der Waals surface area contributed by atoms with E-state index in [1.807, 2.05) is 60.7 Å². The van der Waals surface area contributed by atoms with E-state index in [-0.39, 0.29) is 30.2 Å². The lowest BCUT2D eigenvalue weighted by Gasteiger charge is -2.33. The molecule has 0 bridgehead atoms. The van der Waals surface area contributed by atoms with Gasteiger partial charge in [-0.2, -0.15) is 0 Å². The molecule has 39 heavy (non-hydrogen) atoms. The Labute approximate surface area is 250 Å². The van der Waals surface area contributed by atoms with E-state index in [1.165, 1.54) is 18.2 Å². The van der Waals surface area contributed by atoms with E-state index >= 15 is 0 Å². The van der Waals surface area contributed by atoms with Crippen molar-refractivity contribution in [2.45, 2.75) is 62.9 Å². The molecular weight excluding hydrogens is 571 g/mol. The van der Waals surface area contributed by atoms with Crippen LogP contribution in [0.2, 0.25) is 15.1 Å². The Balaban J connectivity index is 1.58. The number of nitrogens with one attached hydrogen (secondary N) is 1. The molecule has 3 aromatic rings. The Morgan fingerprint density at radius 1 is 0.846 bits per heavy atom. The molecule has 0 aromatic heterocycles. The van der Waals surface area contributed by atoms with Crippen LogP contribution in [0.5, 0.6) is 0 Å². The molecule has 1 fully saturated rings. The smallest absolute Gasteiger partial charge is 0.243 e. The number of rotatable bonds is 11. The molecule has 1 aliphatic rings. The van der Waals surface area contributed by atoms with Gasteiger partial charge in [0, 0.05) is 29.8 Å². The maximum absolute atomic E-state index is 13.8. The van der Waals surface area contributed by atoms with Crippen molar-refractivity contribution in [3.63, 3.8) is 0 Å². The van der Waals surface area contributed by atoms with Gasteiger partial charge in [0.2, 0.25) is 11.8 Å². The monoisotopic (exact) mass is 602 g/mol. The molecule has 4 rings (SSSR count). The number of nitrogens with zero attached hydrogens (tertiary/aromatic N) is 1. The van der Waals surface area contributed by atoms with Gasteiger partial charge in [-0.3, -0.25) is 9.59 Å². The zero-order valence-corrected chi connectivity index (χ0v) is 24.8. The molecule has 4 nitrogen and oxygen atoms in total. The number of halogens is 3. The second kappa shape index (κ2) is 15.0. The summed E-state index contributed by atoms with van der Waals surface area (Å²) in [5, 5.41) is 4.81. The van der Waals surface area contributed by atoms with Crippen LogP contribution < -0.4 is 5.32 Å². The summed E-state index contributed by atoms with van der Waals surface area (Å²) in [6.45, 7) is 0.253. The quantitative estimate of drug-likeness (QED) is 0.242. The van der Waals surface area contributed by atoms with Crippen molar-refractivity contribution in [3.05, 3.63) is 105 Å². The molecule has 2 amide bonds. The van der Waals surface area contributed by atoms with Gasteiger partial charge in [0.05, 0.1) is 15.8 Å². The van der Waals surface area contributed by atoms with Crippen molar-refractivity contribution in [1.29, 1.82) is 0 Å². The Hall–Kier alpha value is -2.18. The van der Waals surface area contributed by atoms with Crippen molar-refractivity contribution in [3.8, 4) is 0 Å². The van der Waals surface area contributed by atoms with Crippen LogP contribution in [0.25, 0.3) is 0 Å². The summed E-state index contributed by atoms with van der Waals surface area (Å²) in [4.78, 5) is 29.4. The van der Waals surface area contributed by atoms with Gasteiger partial charge < -0.3 is 10.2 Å². The Kier molecular flexibility index (Phi) is 11.5. The number of hydrogen-bond acceptors (Lipinski definition) is 3. The average molecular weight is 604 g/mol. The summed E-state index contributed by atoms with van der Waals surface area (Å²) >= 11 is 20.1. The van der Waals surface area contributed by atoms with Crippen LogP contribution in [0, 0.1) is 0 Å². The van der Waals surface area contributed by atoms with Crippen molar-refractivity contribution in [2.24, 2.45) is 0 Å². The summed E-state index contributed by atoms with van der Waals surface area (Å²) in [6.07, 6.45) is 5.79. The summed E-state index contributed by atoms with van der Waals surface area (Å²) in [6, 6.07) is 22.3. The molecule has 1 atom stereocenters. The second-order valence-corrected chi connectivity index (χ2v) is 12.2. The first-order chi connectivity index (χ1) is 18.9. The van der Waals surface area contributed by atoms with Gasteiger partial charge in [-0.15, -0.1) is 11.8 Å². The first kappa shape index (κ1) is 29.8. The number of benzene rings is 3. The Morgan fingerprint density at radius 2 is 1.59 bits per heavy atom. The molecule has 8 heteroatoms. The van der Waals surface area contributed by atoms with E-state index in [2.05, 4.69) is 5.32 Å². The van der Waals surface area contributed by atoms with Gasteiger partial charge in [-0.25, -0.2) is 0 Å². The normalized spacial score (nSPS) is 14.5. The van der Waals surface area contributed by atoms with Crippen LogP contribution in [0.4, 0.5) is 0 Å².